The predicted molar refractivity (Wildman–Crippen MR) is 114 cm³/mol. The largest absolute Gasteiger partial charge is 0.497 e. The molecule has 0 bridgehead atoms. The van der Waals surface area contributed by atoms with Gasteiger partial charge in [-0.2, -0.15) is 0 Å². The average Bonchev–Trinajstić information content (AvgIpc) is 2.66. The number of nitrogens with one attached hydrogen (secondary N) is 1. The van der Waals surface area contributed by atoms with E-state index in [1.807, 2.05) is 13.0 Å². The first-order valence-corrected chi connectivity index (χ1v) is 11.0. The topological polar surface area (TPSA) is 84.9 Å². The minimum atomic E-state index is -3.68. The Morgan fingerprint density at radius 2 is 1.76 bits per heavy atom. The molecule has 0 heterocycles. The Morgan fingerprint density at radius 1 is 1.07 bits per heavy atom. The van der Waals surface area contributed by atoms with Crippen molar-refractivity contribution in [3.05, 3.63) is 53.6 Å². The smallest absolute Gasteiger partial charge is 0.244 e. The van der Waals surface area contributed by atoms with Crippen LogP contribution in [0.15, 0.2) is 42.5 Å². The van der Waals surface area contributed by atoms with Gasteiger partial charge in [0.15, 0.2) is 0 Å². The summed E-state index contributed by atoms with van der Waals surface area (Å²) in [7, 11) is -0.570. The summed E-state index contributed by atoms with van der Waals surface area (Å²) in [5.41, 5.74) is 2.08. The Labute approximate surface area is 172 Å². The second kappa shape index (κ2) is 9.17. The van der Waals surface area contributed by atoms with E-state index in [2.05, 4.69) is 5.32 Å². The number of rotatable bonds is 8. The minimum absolute atomic E-state index is 0.422. The molecule has 0 aliphatic carbocycles. The van der Waals surface area contributed by atoms with Gasteiger partial charge in [-0.15, -0.1) is 0 Å². The molecule has 1 amide bonds. The van der Waals surface area contributed by atoms with Crippen LogP contribution in [0.5, 0.6) is 11.5 Å². The Morgan fingerprint density at radius 3 is 2.31 bits per heavy atom. The van der Waals surface area contributed by atoms with Gasteiger partial charge in [0.2, 0.25) is 15.9 Å². The Bertz CT molecular complexity index is 975. The molecule has 29 heavy (non-hydrogen) atoms. The van der Waals surface area contributed by atoms with E-state index in [0.717, 1.165) is 21.7 Å². The lowest BCUT2D eigenvalue weighted by atomic mass is 10.1. The molecule has 7 nitrogen and oxygen atoms in total. The van der Waals surface area contributed by atoms with Crippen molar-refractivity contribution >= 4 is 21.6 Å². The van der Waals surface area contributed by atoms with E-state index in [0.29, 0.717) is 17.2 Å². The van der Waals surface area contributed by atoms with Crippen LogP contribution in [0.3, 0.4) is 0 Å². The molecule has 0 saturated carbocycles. The molecule has 2 atom stereocenters. The number of benzene rings is 2. The summed E-state index contributed by atoms with van der Waals surface area (Å²) in [5, 5.41) is 2.88. The first-order chi connectivity index (χ1) is 13.6. The highest BCUT2D eigenvalue weighted by Crippen LogP contribution is 2.29. The van der Waals surface area contributed by atoms with Crippen molar-refractivity contribution in [1.82, 2.24) is 5.32 Å². The summed E-state index contributed by atoms with van der Waals surface area (Å²) < 4.78 is 36.6. The highest BCUT2D eigenvalue weighted by Gasteiger charge is 2.30. The third kappa shape index (κ3) is 5.41. The van der Waals surface area contributed by atoms with E-state index in [1.54, 1.807) is 64.5 Å². The summed E-state index contributed by atoms with van der Waals surface area (Å²) >= 11 is 0. The molecule has 2 aromatic carbocycles. The second-order valence-electron chi connectivity index (χ2n) is 6.91. The maximum atomic E-state index is 12.9. The first-order valence-electron chi connectivity index (χ1n) is 9.16. The standard InChI is InChI=1S/C21H28N2O5S/c1-14-8-7-9-17(12-14)23(29(6,25)26)16(3)21(24)22-15(2)19-13-18(27-4)10-11-20(19)28-5/h7-13,15-16H,1-6H3,(H,22,24)/t15-,16-/m1/s1. The lowest BCUT2D eigenvalue weighted by Crippen LogP contribution is -2.48. The Hall–Kier alpha value is -2.74. The molecule has 0 saturated heterocycles. The maximum absolute atomic E-state index is 12.9. The highest BCUT2D eigenvalue weighted by atomic mass is 32.2. The zero-order valence-corrected chi connectivity index (χ0v) is 18.4. The summed E-state index contributed by atoms with van der Waals surface area (Å²) in [6.45, 7) is 5.24. The maximum Gasteiger partial charge on any atom is 0.244 e. The molecule has 0 radical (unpaired) electrons. The van der Waals surface area contributed by atoms with E-state index in [9.17, 15) is 13.2 Å². The van der Waals surface area contributed by atoms with E-state index in [4.69, 9.17) is 9.47 Å². The second-order valence-corrected chi connectivity index (χ2v) is 8.77. The molecule has 0 aromatic heterocycles. The minimum Gasteiger partial charge on any atom is -0.497 e. The first kappa shape index (κ1) is 22.5. The summed E-state index contributed by atoms with van der Waals surface area (Å²) in [6.07, 6.45) is 1.09. The number of methoxy groups -OCH3 is 2. The lowest BCUT2D eigenvalue weighted by Gasteiger charge is -2.29. The summed E-state index contributed by atoms with van der Waals surface area (Å²) in [5.74, 6) is 0.812. The Kier molecular flexibility index (Phi) is 7.13. The third-order valence-corrected chi connectivity index (χ3v) is 5.85. The number of carbonyl (C=O) groups is 1. The SMILES string of the molecule is COc1ccc(OC)c([C@@H](C)NC(=O)[C@@H](C)N(c2cccc(C)c2)S(C)(=O)=O)c1. The molecule has 1 N–H and O–H groups in total. The Balaban J connectivity index is 2.30. The van der Waals surface area contributed by atoms with Crippen molar-refractivity contribution < 1.29 is 22.7 Å². The third-order valence-electron chi connectivity index (χ3n) is 4.61. The van der Waals surface area contributed by atoms with Gasteiger partial charge in [-0.05, 0) is 56.7 Å². The number of sulfonamides is 1. The molecular weight excluding hydrogens is 392 g/mol. The molecule has 158 valence electrons. The van der Waals surface area contributed by atoms with Gasteiger partial charge in [0.1, 0.15) is 17.5 Å². The van der Waals surface area contributed by atoms with Crippen molar-refractivity contribution in [3.63, 3.8) is 0 Å². The highest BCUT2D eigenvalue weighted by molar-refractivity contribution is 7.92. The van der Waals surface area contributed by atoms with Crippen molar-refractivity contribution in [2.45, 2.75) is 32.9 Å². The molecule has 2 aromatic rings. The number of amides is 1. The van der Waals surface area contributed by atoms with Crippen molar-refractivity contribution in [3.8, 4) is 11.5 Å². The fourth-order valence-electron chi connectivity index (χ4n) is 3.16. The van der Waals surface area contributed by atoms with Crippen LogP contribution >= 0.6 is 0 Å². The van der Waals surface area contributed by atoms with Crippen molar-refractivity contribution in [2.75, 3.05) is 24.8 Å². The molecular formula is C21H28N2O5S. The van der Waals surface area contributed by atoms with Gasteiger partial charge >= 0.3 is 0 Å². The molecule has 0 aliphatic heterocycles. The molecule has 0 spiro atoms. The van der Waals surface area contributed by atoms with E-state index in [1.165, 1.54) is 0 Å². The van der Waals surface area contributed by atoms with Gasteiger partial charge in [-0.3, -0.25) is 9.10 Å². The van der Waals surface area contributed by atoms with Gasteiger partial charge in [-0.1, -0.05) is 12.1 Å². The normalized spacial score (nSPS) is 13.3. The number of aryl methyl sites for hydroxylation is 1. The van der Waals surface area contributed by atoms with Crippen LogP contribution < -0.4 is 19.1 Å². The molecule has 8 heteroatoms. The van der Waals surface area contributed by atoms with Gasteiger partial charge in [0.05, 0.1) is 32.2 Å². The quantitative estimate of drug-likeness (QED) is 0.710. The van der Waals surface area contributed by atoms with Crippen molar-refractivity contribution in [1.29, 1.82) is 0 Å². The summed E-state index contributed by atoms with van der Waals surface area (Å²) in [4.78, 5) is 12.9. The van der Waals surface area contributed by atoms with Crippen LogP contribution in [0.25, 0.3) is 0 Å². The molecule has 0 unspecified atom stereocenters. The predicted octanol–water partition coefficient (Wildman–Crippen LogP) is 3.04. The van der Waals surface area contributed by atoms with E-state index < -0.39 is 28.0 Å². The number of hydrogen-bond acceptors (Lipinski definition) is 5. The number of hydrogen-bond donors (Lipinski definition) is 1. The summed E-state index contributed by atoms with van der Waals surface area (Å²) in [6, 6.07) is 11.0. The van der Waals surface area contributed by atoms with Gasteiger partial charge in [0.25, 0.3) is 0 Å². The number of carbonyl (C=O) groups excluding carboxylic acids is 1. The monoisotopic (exact) mass is 420 g/mol. The van der Waals surface area contributed by atoms with Crippen LogP contribution in [-0.4, -0.2) is 40.8 Å². The molecule has 0 aliphatic rings. The zero-order valence-electron chi connectivity index (χ0n) is 17.6. The van der Waals surface area contributed by atoms with Gasteiger partial charge < -0.3 is 14.8 Å². The van der Waals surface area contributed by atoms with Crippen molar-refractivity contribution in [2.24, 2.45) is 0 Å². The van der Waals surface area contributed by atoms with Crippen LogP contribution in [-0.2, 0) is 14.8 Å². The van der Waals surface area contributed by atoms with Gasteiger partial charge in [0, 0.05) is 5.56 Å². The number of nitrogens with zero attached hydrogens (tertiary/aromatic N) is 1. The van der Waals surface area contributed by atoms with Crippen LogP contribution in [0.4, 0.5) is 5.69 Å². The zero-order chi connectivity index (χ0) is 21.8. The van der Waals surface area contributed by atoms with Crippen LogP contribution in [0.1, 0.15) is 31.0 Å². The fourth-order valence-corrected chi connectivity index (χ4v) is 4.33. The van der Waals surface area contributed by atoms with E-state index in [-0.39, 0.29) is 0 Å². The fraction of sp³-hybridized carbons (Fsp3) is 0.381. The van der Waals surface area contributed by atoms with E-state index >= 15 is 0 Å². The number of ether oxygens (including phenoxy) is 2. The molecule has 0 fully saturated rings. The van der Waals surface area contributed by atoms with Gasteiger partial charge in [-0.25, -0.2) is 8.42 Å². The van der Waals surface area contributed by atoms with Crippen LogP contribution in [0, 0.1) is 6.92 Å². The lowest BCUT2D eigenvalue weighted by molar-refractivity contribution is -0.122. The molecule has 2 rings (SSSR count). The average molecular weight is 421 g/mol. The van der Waals surface area contributed by atoms with Crippen LogP contribution in [0.2, 0.25) is 0 Å². The number of anilines is 1.